The van der Waals surface area contributed by atoms with E-state index < -0.39 is 0 Å². The highest BCUT2D eigenvalue weighted by atomic mass is 32.1. The molecule has 94 valence electrons. The van der Waals surface area contributed by atoms with Crippen molar-refractivity contribution in [3.63, 3.8) is 0 Å². The predicted octanol–water partition coefficient (Wildman–Crippen LogP) is 1.93. The molecule has 2 aromatic heterocycles. The monoisotopic (exact) mass is 262 g/mol. The SMILES string of the molecule is Cc1cc(CNc2cc(C(N)=S)cc(C)n2)on1. The van der Waals surface area contributed by atoms with Crippen molar-refractivity contribution in [2.45, 2.75) is 20.4 Å². The molecule has 6 heteroatoms. The number of nitrogens with two attached hydrogens (primary N) is 1. The van der Waals surface area contributed by atoms with Gasteiger partial charge in [0, 0.05) is 17.3 Å². The number of hydrogen-bond donors (Lipinski definition) is 2. The number of aryl methyl sites for hydroxylation is 2. The van der Waals surface area contributed by atoms with E-state index in [1.807, 2.05) is 32.0 Å². The van der Waals surface area contributed by atoms with Crippen LogP contribution in [-0.2, 0) is 6.54 Å². The molecule has 0 radical (unpaired) electrons. The van der Waals surface area contributed by atoms with E-state index in [-0.39, 0.29) is 0 Å². The lowest BCUT2D eigenvalue weighted by molar-refractivity contribution is 0.384. The molecule has 2 aromatic rings. The molecule has 0 aliphatic rings. The first kappa shape index (κ1) is 12.5. The Kier molecular flexibility index (Phi) is 3.57. The highest BCUT2D eigenvalue weighted by Crippen LogP contribution is 2.12. The van der Waals surface area contributed by atoms with E-state index in [4.69, 9.17) is 22.5 Å². The van der Waals surface area contributed by atoms with Crippen LogP contribution in [0.15, 0.2) is 22.7 Å². The lowest BCUT2D eigenvalue weighted by Gasteiger charge is -2.07. The van der Waals surface area contributed by atoms with E-state index in [1.54, 1.807) is 0 Å². The van der Waals surface area contributed by atoms with Crippen LogP contribution in [-0.4, -0.2) is 15.1 Å². The van der Waals surface area contributed by atoms with Gasteiger partial charge in [-0.1, -0.05) is 17.4 Å². The van der Waals surface area contributed by atoms with E-state index in [0.29, 0.717) is 17.4 Å². The zero-order chi connectivity index (χ0) is 13.1. The Morgan fingerprint density at radius 2 is 2.11 bits per heavy atom. The molecule has 18 heavy (non-hydrogen) atoms. The minimum absolute atomic E-state index is 0.360. The normalized spacial score (nSPS) is 10.3. The molecule has 5 nitrogen and oxygen atoms in total. The van der Waals surface area contributed by atoms with Crippen LogP contribution in [0.25, 0.3) is 0 Å². The van der Waals surface area contributed by atoms with Crippen LogP contribution in [0.4, 0.5) is 5.82 Å². The van der Waals surface area contributed by atoms with Gasteiger partial charge in [-0.15, -0.1) is 0 Å². The molecular weight excluding hydrogens is 248 g/mol. The molecule has 2 rings (SSSR count). The fourth-order valence-corrected chi connectivity index (χ4v) is 1.70. The Bertz CT molecular complexity index is 579. The molecule has 0 saturated heterocycles. The van der Waals surface area contributed by atoms with Crippen LogP contribution in [0.3, 0.4) is 0 Å². The number of pyridine rings is 1. The summed E-state index contributed by atoms with van der Waals surface area (Å²) in [6.07, 6.45) is 0. The molecule has 0 aliphatic carbocycles. The van der Waals surface area contributed by atoms with Gasteiger partial charge in [0.25, 0.3) is 0 Å². The fourth-order valence-electron chi connectivity index (χ4n) is 1.58. The summed E-state index contributed by atoms with van der Waals surface area (Å²) in [7, 11) is 0. The summed E-state index contributed by atoms with van der Waals surface area (Å²) >= 11 is 4.96. The largest absolute Gasteiger partial charge is 0.389 e. The first-order valence-electron chi connectivity index (χ1n) is 5.49. The molecule has 0 bridgehead atoms. The topological polar surface area (TPSA) is 77.0 Å². The number of rotatable bonds is 4. The summed E-state index contributed by atoms with van der Waals surface area (Å²) in [6.45, 7) is 4.29. The first-order valence-corrected chi connectivity index (χ1v) is 5.90. The van der Waals surface area contributed by atoms with Crippen LogP contribution in [0.2, 0.25) is 0 Å². The Hall–Kier alpha value is -1.95. The number of nitrogens with one attached hydrogen (secondary N) is 1. The molecule has 0 aliphatic heterocycles. The van der Waals surface area contributed by atoms with Crippen molar-refractivity contribution in [2.24, 2.45) is 5.73 Å². The fraction of sp³-hybridized carbons (Fsp3) is 0.250. The third kappa shape index (κ3) is 3.04. The van der Waals surface area contributed by atoms with Gasteiger partial charge in [-0.25, -0.2) is 4.98 Å². The summed E-state index contributed by atoms with van der Waals surface area (Å²) in [5.74, 6) is 1.47. The van der Waals surface area contributed by atoms with Crippen LogP contribution < -0.4 is 11.1 Å². The van der Waals surface area contributed by atoms with Crippen LogP contribution in [0.5, 0.6) is 0 Å². The molecule has 0 aromatic carbocycles. The Labute approximate surface area is 110 Å². The third-order valence-corrected chi connectivity index (χ3v) is 2.59. The van der Waals surface area contributed by atoms with Crippen molar-refractivity contribution in [3.05, 3.63) is 40.9 Å². The van der Waals surface area contributed by atoms with Crippen molar-refractivity contribution in [3.8, 4) is 0 Å². The lowest BCUT2D eigenvalue weighted by Crippen LogP contribution is -2.11. The van der Waals surface area contributed by atoms with Gasteiger partial charge >= 0.3 is 0 Å². The molecule has 0 atom stereocenters. The molecular formula is C12H14N4OS. The molecule has 0 spiro atoms. The number of nitrogens with zero attached hydrogens (tertiary/aromatic N) is 2. The predicted molar refractivity (Wildman–Crippen MR) is 73.4 cm³/mol. The van der Waals surface area contributed by atoms with Gasteiger partial charge in [0.2, 0.25) is 0 Å². The smallest absolute Gasteiger partial charge is 0.156 e. The zero-order valence-electron chi connectivity index (χ0n) is 10.2. The standard InChI is InChI=1S/C12H14N4OS/c1-7-3-9(12(13)18)5-11(15-7)14-6-10-4-8(2)16-17-10/h3-5H,6H2,1-2H3,(H2,13,18)(H,14,15). The average Bonchev–Trinajstić information content (AvgIpc) is 2.72. The summed E-state index contributed by atoms with van der Waals surface area (Å²) in [5.41, 5.74) is 8.12. The third-order valence-electron chi connectivity index (χ3n) is 2.36. The van der Waals surface area contributed by atoms with Crippen molar-refractivity contribution in [1.29, 1.82) is 0 Å². The van der Waals surface area contributed by atoms with Gasteiger partial charge in [-0.2, -0.15) is 0 Å². The number of anilines is 1. The number of hydrogen-bond acceptors (Lipinski definition) is 5. The maximum absolute atomic E-state index is 5.61. The van der Waals surface area contributed by atoms with Crippen LogP contribution in [0, 0.1) is 13.8 Å². The molecule has 0 saturated carbocycles. The van der Waals surface area contributed by atoms with Crippen molar-refractivity contribution in [1.82, 2.24) is 10.1 Å². The van der Waals surface area contributed by atoms with Crippen molar-refractivity contribution in [2.75, 3.05) is 5.32 Å². The van der Waals surface area contributed by atoms with Crippen molar-refractivity contribution < 1.29 is 4.52 Å². The maximum Gasteiger partial charge on any atom is 0.156 e. The van der Waals surface area contributed by atoms with Crippen LogP contribution in [0.1, 0.15) is 22.7 Å². The number of thiocarbonyl (C=S) groups is 1. The van der Waals surface area contributed by atoms with E-state index >= 15 is 0 Å². The van der Waals surface area contributed by atoms with E-state index in [0.717, 1.165) is 22.7 Å². The lowest BCUT2D eigenvalue weighted by atomic mass is 10.2. The van der Waals surface area contributed by atoms with Gasteiger partial charge < -0.3 is 15.6 Å². The second-order valence-electron chi connectivity index (χ2n) is 4.03. The minimum Gasteiger partial charge on any atom is -0.389 e. The van der Waals surface area contributed by atoms with Gasteiger partial charge in [-0.05, 0) is 26.0 Å². The first-order chi connectivity index (χ1) is 8.54. The Morgan fingerprint density at radius 3 is 2.72 bits per heavy atom. The summed E-state index contributed by atoms with van der Waals surface area (Å²) in [5, 5.41) is 6.97. The zero-order valence-corrected chi connectivity index (χ0v) is 11.0. The van der Waals surface area contributed by atoms with Gasteiger partial charge in [-0.3, -0.25) is 0 Å². The summed E-state index contributed by atoms with van der Waals surface area (Å²) in [6, 6.07) is 5.54. The Morgan fingerprint density at radius 1 is 1.33 bits per heavy atom. The highest BCUT2D eigenvalue weighted by molar-refractivity contribution is 7.80. The van der Waals surface area contributed by atoms with E-state index in [1.165, 1.54) is 0 Å². The number of aromatic nitrogens is 2. The average molecular weight is 262 g/mol. The van der Waals surface area contributed by atoms with Crippen LogP contribution >= 0.6 is 12.2 Å². The Balaban J connectivity index is 2.11. The van der Waals surface area contributed by atoms with Gasteiger partial charge in [0.05, 0.1) is 12.2 Å². The second-order valence-corrected chi connectivity index (χ2v) is 4.47. The molecule has 0 fully saturated rings. The van der Waals surface area contributed by atoms with Gasteiger partial charge in [0.1, 0.15) is 10.8 Å². The second kappa shape index (κ2) is 5.14. The van der Waals surface area contributed by atoms with Crippen molar-refractivity contribution >= 4 is 23.0 Å². The summed E-state index contributed by atoms with van der Waals surface area (Å²) < 4.78 is 5.10. The molecule has 3 N–H and O–H groups in total. The maximum atomic E-state index is 5.61. The highest BCUT2D eigenvalue weighted by Gasteiger charge is 2.04. The molecule has 0 unspecified atom stereocenters. The minimum atomic E-state index is 0.360. The molecule has 2 heterocycles. The van der Waals surface area contributed by atoms with E-state index in [9.17, 15) is 0 Å². The quantitative estimate of drug-likeness (QED) is 0.820. The van der Waals surface area contributed by atoms with Gasteiger partial charge in [0.15, 0.2) is 5.76 Å². The van der Waals surface area contributed by atoms with E-state index in [2.05, 4.69) is 15.5 Å². The summed E-state index contributed by atoms with van der Waals surface area (Å²) in [4.78, 5) is 4.71. The molecule has 0 amide bonds.